The van der Waals surface area contributed by atoms with E-state index in [2.05, 4.69) is 28.1 Å². The molecule has 1 aromatic heterocycles. The van der Waals surface area contributed by atoms with E-state index in [4.69, 9.17) is 11.6 Å². The van der Waals surface area contributed by atoms with Crippen LogP contribution in [0.5, 0.6) is 0 Å². The monoisotopic (exact) mass is 235 g/mol. The van der Waals surface area contributed by atoms with Crippen LogP contribution in [0.3, 0.4) is 0 Å². The smallest absolute Gasteiger partial charge is 0.0950 e. The maximum Gasteiger partial charge on any atom is 0.0950 e. The van der Waals surface area contributed by atoms with Crippen LogP contribution in [0.4, 0.5) is 5.69 Å². The van der Waals surface area contributed by atoms with Crippen molar-refractivity contribution in [3.05, 3.63) is 30.5 Å². The van der Waals surface area contributed by atoms with Gasteiger partial charge in [-0.05, 0) is 13.0 Å². The van der Waals surface area contributed by atoms with Gasteiger partial charge in [-0.2, -0.15) is 10.2 Å². The van der Waals surface area contributed by atoms with Gasteiger partial charge in [0, 0.05) is 24.4 Å². The molecule has 0 saturated carbocycles. The van der Waals surface area contributed by atoms with Gasteiger partial charge in [0.2, 0.25) is 0 Å². The summed E-state index contributed by atoms with van der Waals surface area (Å²) in [5, 5.41) is 9.22. The van der Waals surface area contributed by atoms with Gasteiger partial charge in [0.1, 0.15) is 0 Å². The molecule has 0 aliphatic carbocycles. The molecule has 0 saturated heterocycles. The van der Waals surface area contributed by atoms with Gasteiger partial charge in [-0.25, -0.2) is 0 Å². The van der Waals surface area contributed by atoms with Crippen molar-refractivity contribution in [3.63, 3.8) is 0 Å². The van der Waals surface area contributed by atoms with Crippen LogP contribution in [-0.2, 0) is 0 Å². The maximum atomic E-state index is 5.87. The van der Waals surface area contributed by atoms with Gasteiger partial charge in [-0.3, -0.25) is 0 Å². The number of benzene rings is 1. The number of alkyl halides is 1. The minimum absolute atomic E-state index is 0.272. The van der Waals surface area contributed by atoms with E-state index in [1.807, 2.05) is 25.2 Å². The van der Waals surface area contributed by atoms with Crippen molar-refractivity contribution in [2.24, 2.45) is 0 Å². The second kappa shape index (κ2) is 4.66. The molecule has 0 N–H and O–H groups in total. The zero-order chi connectivity index (χ0) is 11.5. The van der Waals surface area contributed by atoms with Gasteiger partial charge < -0.3 is 4.90 Å². The fourth-order valence-corrected chi connectivity index (χ4v) is 1.82. The molecule has 1 heterocycles. The summed E-state index contributed by atoms with van der Waals surface area (Å²) in [7, 11) is 2.02. The number of aromatic nitrogens is 2. The Labute approximate surface area is 100 Å². The summed E-state index contributed by atoms with van der Waals surface area (Å²) in [5.41, 5.74) is 1.98. The molecule has 2 rings (SSSR count). The van der Waals surface area contributed by atoms with Crippen LogP contribution in [0.15, 0.2) is 30.5 Å². The maximum absolute atomic E-state index is 5.87. The van der Waals surface area contributed by atoms with Gasteiger partial charge in [0.25, 0.3) is 0 Å². The first-order valence-corrected chi connectivity index (χ1v) is 5.76. The summed E-state index contributed by atoms with van der Waals surface area (Å²) in [6.07, 6.45) is 1.78. The van der Waals surface area contributed by atoms with Crippen molar-refractivity contribution in [2.75, 3.05) is 17.8 Å². The third-order valence-corrected chi connectivity index (χ3v) is 3.24. The predicted molar refractivity (Wildman–Crippen MR) is 68.1 cm³/mol. The van der Waals surface area contributed by atoms with Crippen molar-refractivity contribution in [1.82, 2.24) is 10.2 Å². The Kier molecular flexibility index (Phi) is 3.25. The molecule has 4 heteroatoms. The zero-order valence-corrected chi connectivity index (χ0v) is 10.1. The number of fused-ring (bicyclic) bond motifs is 1. The van der Waals surface area contributed by atoms with Crippen LogP contribution in [0, 0.1) is 0 Å². The third-order valence-electron chi connectivity index (χ3n) is 2.79. The van der Waals surface area contributed by atoms with Crippen molar-refractivity contribution < 1.29 is 0 Å². The highest BCUT2D eigenvalue weighted by atomic mass is 35.5. The fraction of sp³-hybridized carbons (Fsp3) is 0.333. The highest BCUT2D eigenvalue weighted by Crippen LogP contribution is 2.24. The van der Waals surface area contributed by atoms with E-state index in [9.17, 15) is 0 Å². The average Bonchev–Trinajstić information content (AvgIpc) is 2.36. The van der Waals surface area contributed by atoms with Gasteiger partial charge in [-0.15, -0.1) is 11.6 Å². The first-order valence-electron chi connectivity index (χ1n) is 5.23. The van der Waals surface area contributed by atoms with E-state index in [0.29, 0.717) is 5.88 Å². The molecule has 0 fully saturated rings. The Morgan fingerprint density at radius 2 is 2.12 bits per heavy atom. The molecule has 0 aliphatic heterocycles. The third kappa shape index (κ3) is 1.95. The summed E-state index contributed by atoms with van der Waals surface area (Å²) >= 11 is 5.87. The van der Waals surface area contributed by atoms with E-state index >= 15 is 0 Å². The second-order valence-corrected chi connectivity index (χ2v) is 4.17. The minimum Gasteiger partial charge on any atom is -0.369 e. The van der Waals surface area contributed by atoms with Crippen molar-refractivity contribution in [2.45, 2.75) is 13.0 Å². The fourth-order valence-electron chi connectivity index (χ4n) is 1.61. The Bertz CT molecular complexity index is 481. The van der Waals surface area contributed by atoms with Crippen LogP contribution in [0.1, 0.15) is 6.92 Å². The highest BCUT2D eigenvalue weighted by molar-refractivity contribution is 6.18. The zero-order valence-electron chi connectivity index (χ0n) is 9.39. The minimum atomic E-state index is 0.272. The lowest BCUT2D eigenvalue weighted by atomic mass is 10.2. The second-order valence-electron chi connectivity index (χ2n) is 3.86. The molecular weight excluding hydrogens is 222 g/mol. The van der Waals surface area contributed by atoms with E-state index in [0.717, 1.165) is 16.6 Å². The molecule has 0 amide bonds. The molecule has 1 unspecified atom stereocenters. The van der Waals surface area contributed by atoms with E-state index in [1.165, 1.54) is 0 Å². The normalized spacial score (nSPS) is 12.7. The van der Waals surface area contributed by atoms with Gasteiger partial charge in [0.15, 0.2) is 0 Å². The van der Waals surface area contributed by atoms with Crippen LogP contribution in [0.2, 0.25) is 0 Å². The molecule has 2 aromatic rings. The molecule has 3 nitrogen and oxygen atoms in total. The lowest BCUT2D eigenvalue weighted by Gasteiger charge is -2.25. The van der Waals surface area contributed by atoms with Crippen LogP contribution < -0.4 is 4.90 Å². The van der Waals surface area contributed by atoms with E-state index < -0.39 is 0 Å². The highest BCUT2D eigenvalue weighted by Gasteiger charge is 2.12. The van der Waals surface area contributed by atoms with Gasteiger partial charge >= 0.3 is 0 Å². The lowest BCUT2D eigenvalue weighted by molar-refractivity contribution is 0.760. The molecule has 16 heavy (non-hydrogen) atoms. The number of halogens is 1. The summed E-state index contributed by atoms with van der Waals surface area (Å²) in [6.45, 7) is 2.09. The number of anilines is 1. The van der Waals surface area contributed by atoms with Crippen LogP contribution >= 0.6 is 11.6 Å². The summed E-state index contributed by atoms with van der Waals surface area (Å²) in [6, 6.07) is 8.26. The summed E-state index contributed by atoms with van der Waals surface area (Å²) < 4.78 is 0. The Morgan fingerprint density at radius 3 is 2.88 bits per heavy atom. The Hall–Kier alpha value is -1.35. The molecule has 0 aliphatic rings. The lowest BCUT2D eigenvalue weighted by Crippen LogP contribution is -2.30. The van der Waals surface area contributed by atoms with E-state index in [1.54, 1.807) is 6.20 Å². The van der Waals surface area contributed by atoms with Gasteiger partial charge in [0.05, 0.1) is 17.4 Å². The van der Waals surface area contributed by atoms with Gasteiger partial charge in [-0.1, -0.05) is 18.2 Å². The molecule has 0 radical (unpaired) electrons. The standard InChI is InChI=1S/C12H14ClN3/c1-9(7-13)16(2)12-8-14-15-11-6-4-3-5-10(11)12/h3-6,8-9H,7H2,1-2H3. The largest absolute Gasteiger partial charge is 0.369 e. The number of hydrogen-bond acceptors (Lipinski definition) is 3. The summed E-state index contributed by atoms with van der Waals surface area (Å²) in [4.78, 5) is 2.13. The molecular formula is C12H14ClN3. The molecule has 1 aromatic carbocycles. The van der Waals surface area contributed by atoms with Crippen molar-refractivity contribution in [1.29, 1.82) is 0 Å². The van der Waals surface area contributed by atoms with Crippen molar-refractivity contribution in [3.8, 4) is 0 Å². The van der Waals surface area contributed by atoms with Crippen molar-refractivity contribution >= 4 is 28.2 Å². The predicted octanol–water partition coefficient (Wildman–Crippen LogP) is 2.69. The number of nitrogens with zero attached hydrogens (tertiary/aromatic N) is 3. The summed E-state index contributed by atoms with van der Waals surface area (Å²) in [5.74, 6) is 0.590. The molecule has 0 bridgehead atoms. The molecule has 0 spiro atoms. The topological polar surface area (TPSA) is 29.0 Å². The molecule has 84 valence electrons. The SMILES string of the molecule is CC(CCl)N(C)c1cnnc2ccccc12. The number of hydrogen-bond donors (Lipinski definition) is 0. The first-order chi connectivity index (χ1) is 7.74. The van der Waals surface area contributed by atoms with E-state index in [-0.39, 0.29) is 6.04 Å². The van der Waals surface area contributed by atoms with Crippen LogP contribution in [0.25, 0.3) is 10.9 Å². The Balaban J connectivity index is 2.52. The quantitative estimate of drug-likeness (QED) is 0.766. The molecule has 1 atom stereocenters. The average molecular weight is 236 g/mol. The Morgan fingerprint density at radius 1 is 1.38 bits per heavy atom. The number of rotatable bonds is 3. The van der Waals surface area contributed by atoms with Crippen LogP contribution in [-0.4, -0.2) is 29.2 Å². The first kappa shape index (κ1) is 11.1.